The normalized spacial score (nSPS) is 10.8. The highest BCUT2D eigenvalue weighted by molar-refractivity contribution is 5.67. The van der Waals surface area contributed by atoms with E-state index in [-0.39, 0.29) is 13.2 Å². The van der Waals surface area contributed by atoms with Crippen LogP contribution in [0.2, 0.25) is 0 Å². The lowest BCUT2D eigenvalue weighted by Gasteiger charge is -2.24. The summed E-state index contributed by atoms with van der Waals surface area (Å²) >= 11 is 0. The number of carbonyl (C=O) groups is 2. The van der Waals surface area contributed by atoms with Gasteiger partial charge in [0.05, 0.1) is 0 Å². The molecule has 0 saturated carbocycles. The van der Waals surface area contributed by atoms with Crippen molar-refractivity contribution in [2.24, 2.45) is 5.84 Å². The number of hydrogen-bond donors (Lipinski definition) is 2. The van der Waals surface area contributed by atoms with Crippen molar-refractivity contribution in [2.75, 3.05) is 13.1 Å². The van der Waals surface area contributed by atoms with Gasteiger partial charge in [-0.3, -0.25) is 0 Å². The summed E-state index contributed by atoms with van der Waals surface area (Å²) in [5, 5.41) is 3.59. The molecule has 0 radical (unpaired) electrons. The minimum absolute atomic E-state index is 0.216. The fourth-order valence-electron chi connectivity index (χ4n) is 1.63. The van der Waals surface area contributed by atoms with E-state index < -0.39 is 17.8 Å². The number of nitrogens with zero attached hydrogens (tertiary/aromatic N) is 1. The SMILES string of the molecule is CC(C)(C)OC(=O)N(N)CCCNC(=O)OCc1ccccc1. The average Bonchev–Trinajstić information content (AvgIpc) is 2.48. The molecule has 0 bridgehead atoms. The van der Waals surface area contributed by atoms with Crippen molar-refractivity contribution < 1.29 is 19.1 Å². The Bertz CT molecular complexity index is 500. The number of carbonyl (C=O) groups excluding carboxylic acids is 2. The van der Waals surface area contributed by atoms with Crippen molar-refractivity contribution in [3.05, 3.63) is 35.9 Å². The molecule has 0 fully saturated rings. The van der Waals surface area contributed by atoms with Gasteiger partial charge in [-0.1, -0.05) is 30.3 Å². The summed E-state index contributed by atoms with van der Waals surface area (Å²) in [6.07, 6.45) is -0.602. The van der Waals surface area contributed by atoms with Crippen LogP contribution in [0.4, 0.5) is 9.59 Å². The van der Waals surface area contributed by atoms with Gasteiger partial charge < -0.3 is 14.8 Å². The fourth-order valence-corrected chi connectivity index (χ4v) is 1.63. The fraction of sp³-hybridized carbons (Fsp3) is 0.500. The van der Waals surface area contributed by atoms with Crippen LogP contribution in [0.3, 0.4) is 0 Å². The molecule has 0 aromatic heterocycles. The largest absolute Gasteiger partial charge is 0.445 e. The van der Waals surface area contributed by atoms with E-state index in [1.807, 2.05) is 30.3 Å². The number of nitrogens with two attached hydrogens (primary N) is 1. The van der Waals surface area contributed by atoms with Crippen molar-refractivity contribution >= 4 is 12.2 Å². The monoisotopic (exact) mass is 323 g/mol. The Morgan fingerprint density at radius 3 is 2.48 bits per heavy atom. The number of benzene rings is 1. The number of hydrazine groups is 1. The van der Waals surface area contributed by atoms with Crippen LogP contribution in [0.15, 0.2) is 30.3 Å². The van der Waals surface area contributed by atoms with Crippen molar-refractivity contribution in [3.63, 3.8) is 0 Å². The summed E-state index contributed by atoms with van der Waals surface area (Å²) in [6.45, 7) is 6.14. The van der Waals surface area contributed by atoms with Gasteiger partial charge in [0.2, 0.25) is 0 Å². The Kier molecular flexibility index (Phi) is 7.34. The van der Waals surface area contributed by atoms with E-state index in [4.69, 9.17) is 15.3 Å². The number of hydrogen-bond acceptors (Lipinski definition) is 5. The zero-order chi connectivity index (χ0) is 17.3. The maximum absolute atomic E-state index is 11.6. The minimum Gasteiger partial charge on any atom is -0.445 e. The second-order valence-electron chi connectivity index (χ2n) is 6.02. The lowest BCUT2D eigenvalue weighted by atomic mass is 10.2. The maximum atomic E-state index is 11.6. The molecule has 128 valence electrons. The lowest BCUT2D eigenvalue weighted by Crippen LogP contribution is -2.42. The summed E-state index contributed by atoms with van der Waals surface area (Å²) in [5.74, 6) is 5.59. The van der Waals surface area contributed by atoms with E-state index in [9.17, 15) is 9.59 Å². The predicted octanol–water partition coefficient (Wildman–Crippen LogP) is 2.41. The smallest absolute Gasteiger partial charge is 0.424 e. The number of rotatable bonds is 6. The minimum atomic E-state index is -0.593. The van der Waals surface area contributed by atoms with Crippen molar-refractivity contribution in [1.82, 2.24) is 10.3 Å². The molecule has 0 heterocycles. The van der Waals surface area contributed by atoms with Crippen LogP contribution in [0.1, 0.15) is 32.8 Å². The van der Waals surface area contributed by atoms with Gasteiger partial charge in [0.15, 0.2) is 0 Å². The zero-order valence-electron chi connectivity index (χ0n) is 13.9. The molecule has 0 atom stereocenters. The molecular formula is C16H25N3O4. The summed E-state index contributed by atoms with van der Waals surface area (Å²) in [7, 11) is 0. The predicted molar refractivity (Wildman–Crippen MR) is 86.4 cm³/mol. The van der Waals surface area contributed by atoms with Crippen LogP contribution in [-0.4, -0.2) is 35.9 Å². The molecule has 0 spiro atoms. The topological polar surface area (TPSA) is 93.9 Å². The molecule has 7 heteroatoms. The third-order valence-electron chi connectivity index (χ3n) is 2.69. The second-order valence-corrected chi connectivity index (χ2v) is 6.02. The summed E-state index contributed by atoms with van der Waals surface area (Å²) in [6, 6.07) is 9.40. The highest BCUT2D eigenvalue weighted by Crippen LogP contribution is 2.08. The Morgan fingerprint density at radius 2 is 1.87 bits per heavy atom. The van der Waals surface area contributed by atoms with Crippen LogP contribution in [0.25, 0.3) is 0 Å². The van der Waals surface area contributed by atoms with Gasteiger partial charge in [-0.2, -0.15) is 0 Å². The highest BCUT2D eigenvalue weighted by Gasteiger charge is 2.19. The van der Waals surface area contributed by atoms with Gasteiger partial charge in [-0.15, -0.1) is 0 Å². The van der Waals surface area contributed by atoms with Gasteiger partial charge in [0, 0.05) is 13.1 Å². The zero-order valence-corrected chi connectivity index (χ0v) is 13.9. The molecule has 1 rings (SSSR count). The van der Waals surface area contributed by atoms with E-state index in [1.165, 1.54) is 0 Å². The molecule has 2 amide bonds. The average molecular weight is 323 g/mol. The lowest BCUT2D eigenvalue weighted by molar-refractivity contribution is 0.0246. The van der Waals surface area contributed by atoms with Gasteiger partial charge in [0.1, 0.15) is 12.2 Å². The summed E-state index contributed by atoms with van der Waals surface area (Å²) in [4.78, 5) is 23.1. The van der Waals surface area contributed by atoms with Crippen molar-refractivity contribution in [1.29, 1.82) is 0 Å². The third-order valence-corrected chi connectivity index (χ3v) is 2.69. The Balaban J connectivity index is 2.14. The van der Waals surface area contributed by atoms with Gasteiger partial charge in [-0.05, 0) is 32.8 Å². The number of ether oxygens (including phenoxy) is 2. The highest BCUT2D eigenvalue weighted by atomic mass is 16.6. The van der Waals surface area contributed by atoms with Crippen LogP contribution in [-0.2, 0) is 16.1 Å². The molecule has 23 heavy (non-hydrogen) atoms. The standard InChI is InChI=1S/C16H25N3O4/c1-16(2,3)23-15(21)19(17)11-7-10-18-14(20)22-12-13-8-5-4-6-9-13/h4-6,8-9H,7,10-12,17H2,1-3H3,(H,18,20). The quantitative estimate of drug-likeness (QED) is 0.363. The molecule has 3 N–H and O–H groups in total. The van der Waals surface area contributed by atoms with Crippen LogP contribution in [0.5, 0.6) is 0 Å². The Morgan fingerprint density at radius 1 is 1.22 bits per heavy atom. The number of amides is 2. The number of alkyl carbamates (subject to hydrolysis) is 1. The maximum Gasteiger partial charge on any atom is 0.424 e. The first-order valence-corrected chi connectivity index (χ1v) is 7.48. The molecule has 1 aromatic rings. The molecular weight excluding hydrogens is 298 g/mol. The molecule has 0 aliphatic rings. The van der Waals surface area contributed by atoms with Gasteiger partial charge in [0.25, 0.3) is 0 Å². The van der Waals surface area contributed by atoms with Gasteiger partial charge in [-0.25, -0.2) is 20.4 Å². The molecule has 0 aliphatic carbocycles. The summed E-state index contributed by atoms with van der Waals surface area (Å²) in [5.41, 5.74) is 0.328. The first kappa shape index (κ1) is 18.8. The third kappa shape index (κ3) is 8.67. The molecule has 0 saturated heterocycles. The Labute approximate surface area is 136 Å². The van der Waals surface area contributed by atoms with E-state index in [0.29, 0.717) is 13.0 Å². The van der Waals surface area contributed by atoms with Gasteiger partial charge >= 0.3 is 12.2 Å². The first-order chi connectivity index (χ1) is 10.8. The van der Waals surface area contributed by atoms with E-state index in [2.05, 4.69) is 5.32 Å². The number of nitrogens with one attached hydrogen (secondary N) is 1. The van der Waals surface area contributed by atoms with E-state index in [1.54, 1.807) is 20.8 Å². The van der Waals surface area contributed by atoms with Crippen molar-refractivity contribution in [3.8, 4) is 0 Å². The van der Waals surface area contributed by atoms with Crippen LogP contribution >= 0.6 is 0 Å². The summed E-state index contributed by atoms with van der Waals surface area (Å²) < 4.78 is 10.2. The van der Waals surface area contributed by atoms with Crippen molar-refractivity contribution in [2.45, 2.75) is 39.4 Å². The Hall–Kier alpha value is -2.28. The molecule has 7 nitrogen and oxygen atoms in total. The molecule has 1 aromatic carbocycles. The molecule has 0 unspecified atom stereocenters. The van der Waals surface area contributed by atoms with E-state index >= 15 is 0 Å². The second kappa shape index (κ2) is 8.99. The van der Waals surface area contributed by atoms with Crippen LogP contribution < -0.4 is 11.2 Å². The van der Waals surface area contributed by atoms with E-state index in [0.717, 1.165) is 10.6 Å². The molecule has 0 aliphatic heterocycles. The first-order valence-electron chi connectivity index (χ1n) is 7.48. The van der Waals surface area contributed by atoms with Crippen LogP contribution in [0, 0.1) is 0 Å².